The number of aromatic nitrogens is 1. The second kappa shape index (κ2) is 8.73. The van der Waals surface area contributed by atoms with Gasteiger partial charge in [-0.3, -0.25) is 9.36 Å². The van der Waals surface area contributed by atoms with Crippen molar-refractivity contribution in [2.24, 2.45) is 4.99 Å². The average Bonchev–Trinajstić information content (AvgIpc) is 3.08. The zero-order chi connectivity index (χ0) is 22.0. The molecule has 0 bridgehead atoms. The van der Waals surface area contributed by atoms with Gasteiger partial charge in [0.15, 0.2) is 4.80 Å². The van der Waals surface area contributed by atoms with E-state index in [9.17, 15) is 9.59 Å². The van der Waals surface area contributed by atoms with Crippen LogP contribution in [0.15, 0.2) is 75.7 Å². The summed E-state index contributed by atoms with van der Waals surface area (Å²) in [5.74, 6) is 0.254. The van der Waals surface area contributed by atoms with Crippen LogP contribution >= 0.6 is 11.3 Å². The number of hydrogen-bond acceptors (Lipinski definition) is 6. The van der Waals surface area contributed by atoms with Crippen molar-refractivity contribution in [1.82, 2.24) is 4.57 Å². The summed E-state index contributed by atoms with van der Waals surface area (Å²) in [7, 11) is 1.60. The lowest BCUT2D eigenvalue weighted by Crippen LogP contribution is -2.39. The van der Waals surface area contributed by atoms with Crippen LogP contribution < -0.4 is 19.6 Å². The summed E-state index contributed by atoms with van der Waals surface area (Å²) < 4.78 is 12.7. The van der Waals surface area contributed by atoms with Crippen LogP contribution in [0.3, 0.4) is 0 Å². The number of fused-ring (bicyclic) bond motifs is 1. The molecule has 7 heteroatoms. The Kier molecular flexibility index (Phi) is 5.86. The van der Waals surface area contributed by atoms with Crippen molar-refractivity contribution in [3.05, 3.63) is 96.7 Å². The molecule has 0 spiro atoms. The molecule has 1 aliphatic heterocycles. The molecule has 0 aliphatic carbocycles. The number of carbonyl (C=O) groups excluding carboxylic acids is 1. The van der Waals surface area contributed by atoms with Gasteiger partial charge in [0, 0.05) is 0 Å². The number of carbonyl (C=O) groups is 1. The fourth-order valence-corrected chi connectivity index (χ4v) is 4.67. The second-order valence-electron chi connectivity index (χ2n) is 6.99. The van der Waals surface area contributed by atoms with Crippen LogP contribution in [0.5, 0.6) is 5.75 Å². The number of thiazole rings is 1. The zero-order valence-electron chi connectivity index (χ0n) is 17.5. The van der Waals surface area contributed by atoms with E-state index in [2.05, 4.69) is 4.99 Å². The van der Waals surface area contributed by atoms with E-state index in [0.717, 1.165) is 11.1 Å². The first-order chi connectivity index (χ1) is 15.0. The normalized spacial score (nSPS) is 16.0. The molecule has 0 N–H and O–H groups in total. The molecule has 6 nitrogen and oxygen atoms in total. The van der Waals surface area contributed by atoms with E-state index in [1.165, 1.54) is 11.3 Å². The van der Waals surface area contributed by atoms with Gasteiger partial charge in [0.2, 0.25) is 0 Å². The number of hydrogen-bond donors (Lipinski definition) is 0. The van der Waals surface area contributed by atoms with Crippen molar-refractivity contribution in [2.75, 3.05) is 13.7 Å². The molecule has 1 aromatic heterocycles. The second-order valence-corrected chi connectivity index (χ2v) is 8.00. The number of rotatable bonds is 5. The molecule has 0 saturated carbocycles. The number of benzene rings is 2. The van der Waals surface area contributed by atoms with Crippen LogP contribution in [0, 0.1) is 0 Å². The van der Waals surface area contributed by atoms with Crippen molar-refractivity contribution >= 4 is 23.4 Å². The van der Waals surface area contributed by atoms with Crippen molar-refractivity contribution < 1.29 is 14.3 Å². The maximum atomic E-state index is 13.5. The zero-order valence-corrected chi connectivity index (χ0v) is 18.3. The van der Waals surface area contributed by atoms with Gasteiger partial charge in [-0.2, -0.15) is 0 Å². The smallest absolute Gasteiger partial charge is 0.338 e. The molecule has 1 aliphatic rings. The fourth-order valence-electron chi connectivity index (χ4n) is 3.62. The molecular weight excluding hydrogens is 412 g/mol. The van der Waals surface area contributed by atoms with Crippen molar-refractivity contribution in [3.63, 3.8) is 0 Å². The highest BCUT2D eigenvalue weighted by Crippen LogP contribution is 2.30. The highest BCUT2D eigenvalue weighted by molar-refractivity contribution is 7.07. The Bertz CT molecular complexity index is 1340. The van der Waals surface area contributed by atoms with Crippen molar-refractivity contribution in [3.8, 4) is 5.75 Å². The van der Waals surface area contributed by atoms with Gasteiger partial charge < -0.3 is 9.47 Å². The molecular formula is C24H22N2O4S. The molecule has 0 saturated heterocycles. The fraction of sp³-hybridized carbons (Fsp3) is 0.208. The molecule has 4 rings (SSSR count). The first-order valence-electron chi connectivity index (χ1n) is 9.92. The first-order valence-corrected chi connectivity index (χ1v) is 10.7. The molecule has 1 atom stereocenters. The maximum absolute atomic E-state index is 13.5. The van der Waals surface area contributed by atoms with E-state index < -0.39 is 12.0 Å². The predicted molar refractivity (Wildman–Crippen MR) is 120 cm³/mol. The van der Waals surface area contributed by atoms with E-state index >= 15 is 0 Å². The summed E-state index contributed by atoms with van der Waals surface area (Å²) in [4.78, 5) is 31.4. The third kappa shape index (κ3) is 3.96. The van der Waals surface area contributed by atoms with Crippen LogP contribution in [0.25, 0.3) is 6.08 Å². The lowest BCUT2D eigenvalue weighted by atomic mass is 9.96. The van der Waals surface area contributed by atoms with Gasteiger partial charge in [-0.1, -0.05) is 53.8 Å². The van der Waals surface area contributed by atoms with Gasteiger partial charge in [-0.15, -0.1) is 0 Å². The minimum atomic E-state index is -0.594. The molecule has 158 valence electrons. The SMILES string of the molecule is CCOC(=O)C1=C(C)N=c2s/c(=C\c3cccc(OC)c3)c(=O)n2[C@@H]1c1ccccc1. The summed E-state index contributed by atoms with van der Waals surface area (Å²) in [5.41, 5.74) is 2.42. The average molecular weight is 435 g/mol. The lowest BCUT2D eigenvalue weighted by molar-refractivity contribution is -0.139. The first kappa shape index (κ1) is 20.8. The highest BCUT2D eigenvalue weighted by atomic mass is 32.1. The molecule has 2 aromatic carbocycles. The Hall–Kier alpha value is -3.45. The number of ether oxygens (including phenoxy) is 2. The number of methoxy groups -OCH3 is 1. The molecule has 0 radical (unpaired) electrons. The van der Waals surface area contributed by atoms with Gasteiger partial charge in [0.25, 0.3) is 5.56 Å². The van der Waals surface area contributed by atoms with Gasteiger partial charge in [0.05, 0.1) is 35.6 Å². The monoisotopic (exact) mass is 434 g/mol. The summed E-state index contributed by atoms with van der Waals surface area (Å²) in [6.07, 6.45) is 1.82. The molecule has 0 fully saturated rings. The van der Waals surface area contributed by atoms with E-state index in [-0.39, 0.29) is 12.2 Å². The van der Waals surface area contributed by atoms with Crippen LogP contribution in [0.4, 0.5) is 0 Å². The van der Waals surface area contributed by atoms with Gasteiger partial charge in [-0.25, -0.2) is 9.79 Å². The van der Waals surface area contributed by atoms with E-state index in [1.807, 2.05) is 60.7 Å². The number of nitrogens with zero attached hydrogens (tertiary/aromatic N) is 2. The summed E-state index contributed by atoms with van der Waals surface area (Å²) >= 11 is 1.30. The quantitative estimate of drug-likeness (QED) is 0.579. The maximum Gasteiger partial charge on any atom is 0.338 e. The minimum absolute atomic E-state index is 0.199. The predicted octanol–water partition coefficient (Wildman–Crippen LogP) is 2.81. The standard InChI is InChI=1S/C24H22N2O4S/c1-4-30-23(28)20-15(2)25-24-26(21(20)17-10-6-5-7-11-17)22(27)19(31-24)14-16-9-8-12-18(13-16)29-3/h5-14,21H,4H2,1-3H3/b19-14-/t21-/m1/s1. The Balaban J connectivity index is 1.94. The number of allylic oxidation sites excluding steroid dienone is 1. The Morgan fingerprint density at radius 1 is 1.19 bits per heavy atom. The van der Waals surface area contributed by atoms with E-state index in [1.54, 1.807) is 25.5 Å². The van der Waals surface area contributed by atoms with E-state index in [4.69, 9.17) is 9.47 Å². The van der Waals surface area contributed by atoms with Gasteiger partial charge >= 0.3 is 5.97 Å². The lowest BCUT2D eigenvalue weighted by Gasteiger charge is -2.24. The third-order valence-electron chi connectivity index (χ3n) is 5.02. The molecule has 31 heavy (non-hydrogen) atoms. The topological polar surface area (TPSA) is 69.9 Å². The Labute approximate surface area is 183 Å². The summed E-state index contributed by atoms with van der Waals surface area (Å²) in [6.45, 7) is 3.79. The molecule has 3 aromatic rings. The van der Waals surface area contributed by atoms with Crippen molar-refractivity contribution in [1.29, 1.82) is 0 Å². The van der Waals surface area contributed by atoms with Crippen LogP contribution in [0.2, 0.25) is 0 Å². The Morgan fingerprint density at radius 2 is 1.97 bits per heavy atom. The minimum Gasteiger partial charge on any atom is -0.497 e. The van der Waals surface area contributed by atoms with Gasteiger partial charge in [-0.05, 0) is 43.2 Å². The molecule has 0 amide bonds. The number of esters is 1. The third-order valence-corrected chi connectivity index (χ3v) is 6.01. The van der Waals surface area contributed by atoms with Crippen LogP contribution in [-0.4, -0.2) is 24.3 Å². The molecule has 0 unspecified atom stereocenters. The van der Waals surface area contributed by atoms with Crippen molar-refractivity contribution in [2.45, 2.75) is 19.9 Å². The van der Waals surface area contributed by atoms with E-state index in [0.29, 0.717) is 26.4 Å². The Morgan fingerprint density at radius 3 is 2.68 bits per heavy atom. The summed E-state index contributed by atoms with van der Waals surface area (Å²) in [5, 5.41) is 0. The molecule has 2 heterocycles. The van der Waals surface area contributed by atoms with Crippen LogP contribution in [-0.2, 0) is 9.53 Å². The highest BCUT2D eigenvalue weighted by Gasteiger charge is 2.33. The van der Waals surface area contributed by atoms with Gasteiger partial charge in [0.1, 0.15) is 5.75 Å². The van der Waals surface area contributed by atoms with Crippen LogP contribution in [0.1, 0.15) is 31.0 Å². The summed E-state index contributed by atoms with van der Waals surface area (Å²) in [6, 6.07) is 16.4. The largest absolute Gasteiger partial charge is 0.497 e.